The average molecular weight is 336 g/mol. The Balaban J connectivity index is 2.02. The number of nitrogens with one attached hydrogen (secondary N) is 1. The number of carbonyl (C=O) groups is 2. The van der Waals surface area contributed by atoms with Gasteiger partial charge in [-0.1, -0.05) is 30.3 Å². The first-order valence-corrected chi connectivity index (χ1v) is 7.21. The zero-order valence-corrected chi connectivity index (χ0v) is 12.6. The molecule has 3 N–H and O–H groups in total. The molecule has 0 bridgehead atoms. The van der Waals surface area contributed by atoms with E-state index in [1.54, 1.807) is 0 Å². The van der Waals surface area contributed by atoms with Crippen molar-refractivity contribution < 1.29 is 22.8 Å². The normalized spacial score (nSPS) is 10.5. The van der Waals surface area contributed by atoms with E-state index in [1.165, 1.54) is 0 Å². The maximum atomic E-state index is 13.7. The molecule has 7 heteroatoms. The summed E-state index contributed by atoms with van der Waals surface area (Å²) in [5, 5.41) is 2.13. The standard InChI is InChI=1S/C17H15F3N2O2/c18-14-11(17(21)24)9-12(15(19)16(14)20)22-13(23)8-4-7-10-5-2-1-3-6-10/h1-3,5-6,9H,4,7-8H2,(H2,21,24)(H,22,23). The third-order valence-electron chi connectivity index (χ3n) is 3.40. The lowest BCUT2D eigenvalue weighted by Gasteiger charge is -2.10. The summed E-state index contributed by atoms with van der Waals surface area (Å²) in [6.45, 7) is 0. The van der Waals surface area contributed by atoms with Crippen LogP contribution in [-0.4, -0.2) is 11.8 Å². The number of primary amides is 1. The molecular weight excluding hydrogens is 321 g/mol. The van der Waals surface area contributed by atoms with Gasteiger partial charge in [-0.05, 0) is 24.5 Å². The van der Waals surface area contributed by atoms with Crippen LogP contribution < -0.4 is 11.1 Å². The highest BCUT2D eigenvalue weighted by Crippen LogP contribution is 2.23. The monoisotopic (exact) mass is 336 g/mol. The Morgan fingerprint density at radius 3 is 2.29 bits per heavy atom. The molecule has 0 aliphatic heterocycles. The summed E-state index contributed by atoms with van der Waals surface area (Å²) in [4.78, 5) is 22.9. The number of hydrogen-bond donors (Lipinski definition) is 2. The Kier molecular flexibility index (Phi) is 5.57. The van der Waals surface area contributed by atoms with Crippen molar-refractivity contribution in [2.45, 2.75) is 19.3 Å². The molecule has 24 heavy (non-hydrogen) atoms. The quantitative estimate of drug-likeness (QED) is 0.795. The van der Waals surface area contributed by atoms with Crippen molar-refractivity contribution in [2.75, 3.05) is 5.32 Å². The molecule has 0 aliphatic rings. The van der Waals surface area contributed by atoms with E-state index in [1.807, 2.05) is 30.3 Å². The fourth-order valence-corrected chi connectivity index (χ4v) is 2.18. The second-order valence-electron chi connectivity index (χ2n) is 5.17. The van der Waals surface area contributed by atoms with Gasteiger partial charge in [0.25, 0.3) is 5.91 Å². The Bertz CT molecular complexity index is 764. The van der Waals surface area contributed by atoms with Gasteiger partial charge in [0.2, 0.25) is 5.91 Å². The van der Waals surface area contributed by atoms with Crippen molar-refractivity contribution in [2.24, 2.45) is 5.73 Å². The minimum Gasteiger partial charge on any atom is -0.366 e. The van der Waals surface area contributed by atoms with Crippen molar-refractivity contribution >= 4 is 17.5 Å². The van der Waals surface area contributed by atoms with Crippen LogP contribution >= 0.6 is 0 Å². The van der Waals surface area contributed by atoms with E-state index in [0.29, 0.717) is 18.9 Å². The van der Waals surface area contributed by atoms with Crippen LogP contribution in [0.25, 0.3) is 0 Å². The fourth-order valence-electron chi connectivity index (χ4n) is 2.18. The van der Waals surface area contributed by atoms with Gasteiger partial charge in [0, 0.05) is 6.42 Å². The zero-order valence-electron chi connectivity index (χ0n) is 12.6. The van der Waals surface area contributed by atoms with Gasteiger partial charge in [-0.2, -0.15) is 0 Å². The number of hydrogen-bond acceptors (Lipinski definition) is 2. The predicted molar refractivity (Wildman–Crippen MR) is 82.8 cm³/mol. The van der Waals surface area contributed by atoms with Crippen LogP contribution in [0, 0.1) is 17.5 Å². The number of nitrogens with two attached hydrogens (primary N) is 1. The SMILES string of the molecule is NC(=O)c1cc(NC(=O)CCCc2ccccc2)c(F)c(F)c1F. The fraction of sp³-hybridized carbons (Fsp3) is 0.176. The molecule has 2 aromatic carbocycles. The number of aryl methyl sites for hydroxylation is 1. The highest BCUT2D eigenvalue weighted by atomic mass is 19.2. The molecule has 0 aliphatic carbocycles. The number of carbonyl (C=O) groups excluding carboxylic acids is 2. The maximum absolute atomic E-state index is 13.7. The van der Waals surface area contributed by atoms with Gasteiger partial charge < -0.3 is 11.1 Å². The highest BCUT2D eigenvalue weighted by Gasteiger charge is 2.22. The van der Waals surface area contributed by atoms with Gasteiger partial charge in [-0.25, -0.2) is 13.2 Å². The first-order valence-electron chi connectivity index (χ1n) is 7.21. The zero-order chi connectivity index (χ0) is 17.7. The number of benzene rings is 2. The summed E-state index contributed by atoms with van der Waals surface area (Å²) in [5.41, 5.74) is 4.50. The second-order valence-corrected chi connectivity index (χ2v) is 5.17. The van der Waals surface area contributed by atoms with Gasteiger partial charge in [-0.3, -0.25) is 9.59 Å². The molecule has 2 rings (SSSR count). The van der Waals surface area contributed by atoms with Crippen LogP contribution in [0.15, 0.2) is 36.4 Å². The van der Waals surface area contributed by atoms with E-state index in [4.69, 9.17) is 5.73 Å². The van der Waals surface area contributed by atoms with Gasteiger partial charge in [0.05, 0.1) is 11.3 Å². The topological polar surface area (TPSA) is 72.2 Å². The van der Waals surface area contributed by atoms with Crippen LogP contribution in [0.4, 0.5) is 18.9 Å². The summed E-state index contributed by atoms with van der Waals surface area (Å²) >= 11 is 0. The molecule has 0 heterocycles. The first-order chi connectivity index (χ1) is 11.4. The Hall–Kier alpha value is -2.83. The number of halogens is 3. The van der Waals surface area contributed by atoms with Crippen molar-refractivity contribution in [1.82, 2.24) is 0 Å². The summed E-state index contributed by atoms with van der Waals surface area (Å²) in [6.07, 6.45) is 1.18. The lowest BCUT2D eigenvalue weighted by molar-refractivity contribution is -0.116. The van der Waals surface area contributed by atoms with E-state index in [0.717, 1.165) is 5.56 Å². The molecule has 2 amide bonds. The third-order valence-corrected chi connectivity index (χ3v) is 3.40. The average Bonchev–Trinajstić information content (AvgIpc) is 2.56. The molecule has 0 unspecified atom stereocenters. The highest BCUT2D eigenvalue weighted by molar-refractivity contribution is 5.96. The predicted octanol–water partition coefficient (Wildman–Crippen LogP) is 3.16. The number of anilines is 1. The van der Waals surface area contributed by atoms with E-state index in [-0.39, 0.29) is 6.42 Å². The van der Waals surface area contributed by atoms with E-state index in [9.17, 15) is 22.8 Å². The van der Waals surface area contributed by atoms with E-state index < -0.39 is 40.5 Å². The molecule has 0 spiro atoms. The van der Waals surface area contributed by atoms with Gasteiger partial charge in [0.1, 0.15) is 0 Å². The molecule has 0 radical (unpaired) electrons. The minimum absolute atomic E-state index is 0.0548. The van der Waals surface area contributed by atoms with Crippen LogP contribution in [0.1, 0.15) is 28.8 Å². The van der Waals surface area contributed by atoms with E-state index >= 15 is 0 Å². The summed E-state index contributed by atoms with van der Waals surface area (Å²) in [6, 6.07) is 10.1. The molecule has 126 valence electrons. The summed E-state index contributed by atoms with van der Waals surface area (Å²) in [7, 11) is 0. The van der Waals surface area contributed by atoms with Crippen molar-refractivity contribution in [3.63, 3.8) is 0 Å². The van der Waals surface area contributed by atoms with Crippen LogP contribution in [0.3, 0.4) is 0 Å². The molecule has 0 atom stereocenters. The largest absolute Gasteiger partial charge is 0.366 e. The van der Waals surface area contributed by atoms with Crippen molar-refractivity contribution in [3.05, 3.63) is 65.0 Å². The van der Waals surface area contributed by atoms with Gasteiger partial charge in [-0.15, -0.1) is 0 Å². The van der Waals surface area contributed by atoms with Gasteiger partial charge in [0.15, 0.2) is 17.5 Å². The van der Waals surface area contributed by atoms with Crippen LogP contribution in [-0.2, 0) is 11.2 Å². The van der Waals surface area contributed by atoms with E-state index in [2.05, 4.69) is 5.32 Å². The van der Waals surface area contributed by atoms with Crippen LogP contribution in [0.5, 0.6) is 0 Å². The Morgan fingerprint density at radius 1 is 1.00 bits per heavy atom. The van der Waals surface area contributed by atoms with Crippen LogP contribution in [0.2, 0.25) is 0 Å². The lowest BCUT2D eigenvalue weighted by atomic mass is 10.1. The number of amides is 2. The molecule has 4 nitrogen and oxygen atoms in total. The number of rotatable bonds is 6. The molecule has 0 saturated carbocycles. The smallest absolute Gasteiger partial charge is 0.251 e. The first kappa shape index (κ1) is 17.5. The maximum Gasteiger partial charge on any atom is 0.251 e. The van der Waals surface area contributed by atoms with Gasteiger partial charge >= 0.3 is 0 Å². The second kappa shape index (κ2) is 7.63. The third kappa shape index (κ3) is 4.13. The summed E-state index contributed by atoms with van der Waals surface area (Å²) < 4.78 is 40.5. The molecule has 0 fully saturated rings. The molecule has 0 aromatic heterocycles. The lowest BCUT2D eigenvalue weighted by Crippen LogP contribution is -2.18. The summed E-state index contributed by atoms with van der Waals surface area (Å²) in [5.74, 6) is -6.95. The van der Waals surface area contributed by atoms with Crippen molar-refractivity contribution in [1.29, 1.82) is 0 Å². The van der Waals surface area contributed by atoms with Crippen molar-refractivity contribution in [3.8, 4) is 0 Å². The molecule has 0 saturated heterocycles. The molecular formula is C17H15F3N2O2. The molecule has 2 aromatic rings. The minimum atomic E-state index is -1.86. The Labute approximate surface area is 136 Å². The Morgan fingerprint density at radius 2 is 1.67 bits per heavy atom.